The first-order valence-corrected chi connectivity index (χ1v) is 10.7. The van der Waals surface area contributed by atoms with Crippen LogP contribution < -0.4 is 10.9 Å². The van der Waals surface area contributed by atoms with Crippen LogP contribution in [0.1, 0.15) is 12.8 Å². The molecule has 2 heterocycles. The van der Waals surface area contributed by atoms with E-state index in [2.05, 4.69) is 22.1 Å². The molecule has 2 aromatic rings. The van der Waals surface area contributed by atoms with Crippen LogP contribution in [0, 0.1) is 0 Å². The molecule has 13 heteroatoms. The maximum Gasteiger partial charge on any atom is 0.310 e. The molecule has 164 valence electrons. The van der Waals surface area contributed by atoms with Crippen molar-refractivity contribution in [3.63, 3.8) is 0 Å². The topological polar surface area (TPSA) is 83.0 Å². The van der Waals surface area contributed by atoms with E-state index in [0.29, 0.717) is 6.07 Å². The minimum absolute atomic E-state index is 0.0872. The van der Waals surface area contributed by atoms with Gasteiger partial charge < -0.3 is 10.4 Å². The van der Waals surface area contributed by atoms with Gasteiger partial charge in [-0.3, -0.25) is 9.36 Å². The molecule has 1 aliphatic rings. The number of hydrogen-bond acceptors (Lipinski definition) is 5. The van der Waals surface area contributed by atoms with Gasteiger partial charge in [-0.05, 0) is 25.1 Å². The average molecular weight is 452 g/mol. The Morgan fingerprint density at radius 1 is 1.30 bits per heavy atom. The predicted octanol–water partition coefficient (Wildman–Crippen LogP) is 4.01. The number of phenols is 1. The number of halogens is 5. The number of benzene rings is 1. The van der Waals surface area contributed by atoms with E-state index in [1.165, 1.54) is 7.05 Å². The van der Waals surface area contributed by atoms with Crippen molar-refractivity contribution in [1.82, 2.24) is 14.8 Å². The highest BCUT2D eigenvalue weighted by Gasteiger charge is 2.65. The monoisotopic (exact) mass is 452 g/mol. The molecule has 2 N–H and O–H groups in total. The zero-order chi connectivity index (χ0) is 22.4. The Morgan fingerprint density at radius 3 is 2.60 bits per heavy atom. The van der Waals surface area contributed by atoms with Crippen LogP contribution in [0.25, 0.3) is 11.4 Å². The van der Waals surface area contributed by atoms with E-state index in [9.17, 15) is 29.3 Å². The summed E-state index contributed by atoms with van der Waals surface area (Å²) in [7, 11) is -8.68. The van der Waals surface area contributed by atoms with Gasteiger partial charge >= 0.3 is 10.2 Å². The fraction of sp³-hybridized carbons (Fsp3) is 0.294. The van der Waals surface area contributed by atoms with E-state index in [4.69, 9.17) is 0 Å². The summed E-state index contributed by atoms with van der Waals surface area (Å²) >= 11 is 0. The largest absolute Gasteiger partial charge is 0.507 e. The number of nitrogens with one attached hydrogen (secondary N) is 1. The molecule has 0 aliphatic carbocycles. The molecule has 0 bridgehead atoms. The Bertz CT molecular complexity index is 1120. The van der Waals surface area contributed by atoms with Crippen LogP contribution >= 0.6 is 10.2 Å². The van der Waals surface area contributed by atoms with Crippen molar-refractivity contribution in [2.75, 3.05) is 11.9 Å². The summed E-state index contributed by atoms with van der Waals surface area (Å²) in [6.45, 7) is 4.47. The molecule has 0 saturated heterocycles. The van der Waals surface area contributed by atoms with Crippen LogP contribution in [0.3, 0.4) is 0 Å². The molecule has 30 heavy (non-hydrogen) atoms. The predicted molar refractivity (Wildman–Crippen MR) is 104 cm³/mol. The van der Waals surface area contributed by atoms with Gasteiger partial charge in [0.25, 0.3) is 5.56 Å². The Balaban J connectivity index is 1.97. The lowest BCUT2D eigenvalue weighted by Crippen LogP contribution is -2.35. The highest BCUT2D eigenvalue weighted by molar-refractivity contribution is 8.45. The third kappa shape index (κ3) is 4.45. The third-order valence-corrected chi connectivity index (χ3v) is 5.73. The van der Waals surface area contributed by atoms with Gasteiger partial charge in [0.05, 0.1) is 5.56 Å². The van der Waals surface area contributed by atoms with Crippen molar-refractivity contribution < 1.29 is 29.1 Å². The summed E-state index contributed by atoms with van der Waals surface area (Å²) < 4.78 is 67.4. The Labute approximate surface area is 167 Å². The van der Waals surface area contributed by atoms with Gasteiger partial charge in [-0.2, -0.15) is 0 Å². The minimum Gasteiger partial charge on any atom is -0.507 e. The van der Waals surface area contributed by atoms with Crippen molar-refractivity contribution in [3.05, 3.63) is 41.3 Å². The van der Waals surface area contributed by atoms with E-state index >= 15 is 0 Å². The summed E-state index contributed by atoms with van der Waals surface area (Å²) in [4.78, 5) is 10.4. The van der Waals surface area contributed by atoms with Crippen LogP contribution in [0.15, 0.2) is 40.7 Å². The van der Waals surface area contributed by atoms with E-state index in [1.54, 1.807) is 6.20 Å². The first kappa shape index (κ1) is 21.7. The van der Waals surface area contributed by atoms with Gasteiger partial charge in [-0.1, -0.05) is 19.4 Å². The first-order chi connectivity index (χ1) is 13.7. The van der Waals surface area contributed by atoms with E-state index in [-0.39, 0.29) is 35.4 Å². The summed E-state index contributed by atoms with van der Waals surface area (Å²) in [5, 5.41) is 20.4. The lowest BCUT2D eigenvalue weighted by molar-refractivity contribution is -0.457. The zero-order valence-electron chi connectivity index (χ0n) is 15.7. The smallest absolute Gasteiger partial charge is 0.310 e. The Kier molecular flexibility index (Phi) is 4.73. The Morgan fingerprint density at radius 2 is 2.00 bits per heavy atom. The third-order valence-electron chi connectivity index (χ3n) is 4.58. The van der Waals surface area contributed by atoms with Crippen molar-refractivity contribution in [1.29, 1.82) is 0 Å². The molecule has 0 amide bonds. The van der Waals surface area contributed by atoms with E-state index in [1.807, 2.05) is 10.8 Å². The van der Waals surface area contributed by atoms with Gasteiger partial charge in [0, 0.05) is 19.5 Å². The second-order valence-corrected chi connectivity index (χ2v) is 9.26. The summed E-state index contributed by atoms with van der Waals surface area (Å²) in [6.07, 6.45) is 5.04. The fourth-order valence-corrected chi connectivity index (χ4v) is 3.70. The second-order valence-electron chi connectivity index (χ2n) is 6.85. The lowest BCUT2D eigenvalue weighted by Gasteiger charge is -2.40. The van der Waals surface area contributed by atoms with E-state index in [0.717, 1.165) is 24.0 Å². The zero-order valence-corrected chi connectivity index (χ0v) is 16.6. The van der Waals surface area contributed by atoms with Crippen molar-refractivity contribution >= 4 is 22.3 Å². The van der Waals surface area contributed by atoms with Gasteiger partial charge in [0.2, 0.25) is 5.82 Å². The van der Waals surface area contributed by atoms with Gasteiger partial charge in [0.15, 0.2) is 18.2 Å². The fourth-order valence-electron chi connectivity index (χ4n) is 3.04. The first-order valence-electron chi connectivity index (χ1n) is 8.70. The summed E-state index contributed by atoms with van der Waals surface area (Å²) in [5.41, 5.74) is -0.998. The molecular formula is C17H19F5N5O2S+. The lowest BCUT2D eigenvalue weighted by atomic mass is 10.1. The Hall–Kier alpha value is -2.96. The van der Waals surface area contributed by atoms with Crippen LogP contribution in [-0.4, -0.2) is 43.2 Å². The molecule has 0 saturated carbocycles. The number of anilines is 1. The van der Waals surface area contributed by atoms with Crippen LogP contribution in [0.2, 0.25) is 0 Å². The van der Waals surface area contributed by atoms with Gasteiger partial charge in [-0.25, -0.2) is 4.58 Å². The molecule has 1 aromatic heterocycles. The SMILES string of the molecule is C=C[N+]1=C[C@H](Nc2nnc(-c3ccc(S(F)(F)(F)(F)F)cc3O)n(C)c2=O)CCC1. The quantitative estimate of drug-likeness (QED) is 0.529. The maximum atomic E-state index is 12.9. The number of rotatable bonds is 5. The van der Waals surface area contributed by atoms with Crippen molar-refractivity contribution in [3.8, 4) is 17.1 Å². The molecule has 7 nitrogen and oxygen atoms in total. The number of hydrogen-bond donors (Lipinski definition) is 2. The average Bonchev–Trinajstić information content (AvgIpc) is 2.64. The number of aromatic nitrogens is 3. The second kappa shape index (κ2) is 6.52. The van der Waals surface area contributed by atoms with Crippen molar-refractivity contribution in [2.45, 2.75) is 23.8 Å². The van der Waals surface area contributed by atoms with Gasteiger partial charge in [0.1, 0.15) is 23.2 Å². The molecule has 1 atom stereocenters. The number of phenolic OH excluding ortho intramolecular Hbond substituents is 1. The molecule has 0 radical (unpaired) electrons. The molecule has 0 fully saturated rings. The molecule has 0 spiro atoms. The van der Waals surface area contributed by atoms with Crippen LogP contribution in [0.5, 0.6) is 5.75 Å². The van der Waals surface area contributed by atoms with Gasteiger partial charge in [-0.15, -0.1) is 10.2 Å². The van der Waals surface area contributed by atoms with E-state index < -0.39 is 26.4 Å². The van der Waals surface area contributed by atoms with Crippen LogP contribution in [-0.2, 0) is 7.05 Å². The maximum absolute atomic E-state index is 12.9. The highest BCUT2D eigenvalue weighted by Crippen LogP contribution is 3.02. The standard InChI is InChI=1S/C17H18F5N5O2S/c1-3-27-8-4-5-11(10-27)23-15-17(29)26(2)16(25-24-15)13-7-6-12(9-14(13)28)30(18,19,20,21)22/h3,6-7,9-11H,1,4-5,8H2,2H3,(H-,23,24,25,28,29)/p+1/t11-/m1/s1. The highest BCUT2D eigenvalue weighted by atomic mass is 32.5. The molecule has 1 aliphatic heterocycles. The molecule has 0 unspecified atom stereocenters. The minimum atomic E-state index is -9.96. The number of aromatic hydroxyl groups is 1. The number of nitrogens with zero attached hydrogens (tertiary/aromatic N) is 4. The molecular weight excluding hydrogens is 433 g/mol. The summed E-state index contributed by atoms with van der Waals surface area (Å²) in [6, 6.07) is 0.455. The molecule has 1 aromatic carbocycles. The normalized spacial score (nSPS) is 19.4. The molecule has 3 rings (SSSR count). The summed E-state index contributed by atoms with van der Waals surface area (Å²) in [5.74, 6) is -1.48. The van der Waals surface area contributed by atoms with Crippen LogP contribution in [0.4, 0.5) is 25.2 Å². The van der Waals surface area contributed by atoms with Crippen molar-refractivity contribution in [2.24, 2.45) is 7.05 Å².